The van der Waals surface area contributed by atoms with E-state index >= 15 is 4.39 Å². The van der Waals surface area contributed by atoms with Gasteiger partial charge in [-0.25, -0.2) is 8.91 Å². The molecule has 8 heteroatoms. The van der Waals surface area contributed by atoms with Gasteiger partial charge in [0.1, 0.15) is 11.6 Å². The number of methoxy groups -OCH3 is 1. The van der Waals surface area contributed by atoms with Gasteiger partial charge in [-0.05, 0) is 74.6 Å². The topological polar surface area (TPSA) is 65.3 Å². The smallest absolute Gasteiger partial charge is 0.310 e. The van der Waals surface area contributed by atoms with E-state index < -0.39 is 0 Å². The number of nitrogens with zero attached hydrogens (tertiary/aromatic N) is 3. The molecule has 7 nitrogen and oxygen atoms in total. The number of esters is 1. The first kappa shape index (κ1) is 32.0. The molecule has 1 saturated heterocycles. The van der Waals surface area contributed by atoms with Crippen molar-refractivity contribution < 1.29 is 23.4 Å². The first-order valence-corrected chi connectivity index (χ1v) is 15.4. The molecule has 0 bridgehead atoms. The predicted octanol–water partition coefficient (Wildman–Crippen LogP) is 7.74. The molecule has 0 aliphatic carbocycles. The van der Waals surface area contributed by atoms with Crippen LogP contribution in [0.15, 0.2) is 80.0 Å². The second-order valence-electron chi connectivity index (χ2n) is 11.9. The Morgan fingerprint density at radius 2 is 1.84 bits per heavy atom. The minimum Gasteiger partial charge on any atom is -0.490 e. The molecule has 0 spiro atoms. The molecule has 1 atom stereocenters. The van der Waals surface area contributed by atoms with Gasteiger partial charge in [0, 0.05) is 31.3 Å². The second kappa shape index (κ2) is 13.7. The fourth-order valence-electron chi connectivity index (χ4n) is 6.03. The number of rotatable bonds is 12. The van der Waals surface area contributed by atoms with Gasteiger partial charge in [0.2, 0.25) is 0 Å². The van der Waals surface area contributed by atoms with Gasteiger partial charge in [-0.15, -0.1) is 13.2 Å². The molecule has 0 N–H and O–H groups in total. The lowest BCUT2D eigenvalue weighted by atomic mass is 9.92. The number of piperidine rings is 1. The number of aryl methyl sites for hydroxylation is 1. The minimum atomic E-state index is -0.356. The number of carbonyl (C=O) groups excluding carboxylic acids is 1. The first-order chi connectivity index (χ1) is 21.7. The van der Waals surface area contributed by atoms with Crippen molar-refractivity contribution in [3.8, 4) is 28.1 Å². The Morgan fingerprint density at radius 1 is 1.11 bits per heavy atom. The quantitative estimate of drug-likeness (QED) is 0.121. The third-order valence-electron chi connectivity index (χ3n) is 8.54. The number of pyridine rings is 1. The van der Waals surface area contributed by atoms with Gasteiger partial charge in [-0.1, -0.05) is 36.4 Å². The summed E-state index contributed by atoms with van der Waals surface area (Å²) in [4.78, 5) is 14.9. The van der Waals surface area contributed by atoms with Crippen LogP contribution in [-0.2, 0) is 20.7 Å². The fraction of sp³-hybridized carbons (Fsp3) is 0.351. The Labute approximate surface area is 264 Å². The lowest BCUT2D eigenvalue weighted by Gasteiger charge is -2.41. The highest BCUT2D eigenvalue weighted by atomic mass is 19.1. The normalized spacial score (nSPS) is 15.1. The Hall–Kier alpha value is -4.43. The largest absolute Gasteiger partial charge is 0.490 e. The molecule has 45 heavy (non-hydrogen) atoms. The Morgan fingerprint density at radius 3 is 2.56 bits per heavy atom. The fourth-order valence-corrected chi connectivity index (χ4v) is 6.03. The third kappa shape index (κ3) is 6.96. The lowest BCUT2D eigenvalue weighted by molar-refractivity contribution is -0.139. The monoisotopic (exact) mass is 611 g/mol. The molecule has 236 valence electrons. The average Bonchev–Trinajstić information content (AvgIpc) is 3.45. The summed E-state index contributed by atoms with van der Waals surface area (Å²) in [5, 5.41) is 4.96. The van der Waals surface area contributed by atoms with Crippen molar-refractivity contribution in [2.75, 3.05) is 31.7 Å². The number of aromatic nitrogens is 2. The molecule has 0 radical (unpaired) electrons. The molecule has 2 aromatic carbocycles. The number of ether oxygens (including phenoxy) is 3. The van der Waals surface area contributed by atoms with Crippen molar-refractivity contribution >= 4 is 17.2 Å². The molecule has 0 saturated carbocycles. The zero-order valence-corrected chi connectivity index (χ0v) is 26.6. The van der Waals surface area contributed by atoms with E-state index in [0.29, 0.717) is 29.9 Å². The summed E-state index contributed by atoms with van der Waals surface area (Å²) in [5.74, 6) is -0.168. The molecule has 1 aliphatic rings. The molecule has 3 heterocycles. The van der Waals surface area contributed by atoms with Crippen molar-refractivity contribution in [2.45, 2.75) is 58.2 Å². The van der Waals surface area contributed by atoms with Crippen LogP contribution in [0.2, 0.25) is 0 Å². The van der Waals surface area contributed by atoms with E-state index in [4.69, 9.17) is 19.3 Å². The van der Waals surface area contributed by atoms with Crippen LogP contribution in [-0.4, -0.2) is 54.1 Å². The lowest BCUT2D eigenvalue weighted by Crippen LogP contribution is -2.45. The van der Waals surface area contributed by atoms with Crippen molar-refractivity contribution in [1.82, 2.24) is 9.61 Å². The summed E-state index contributed by atoms with van der Waals surface area (Å²) in [5.41, 5.74) is 6.18. The molecule has 0 unspecified atom stereocenters. The van der Waals surface area contributed by atoms with Crippen LogP contribution in [0.3, 0.4) is 0 Å². The second-order valence-corrected chi connectivity index (χ2v) is 11.9. The van der Waals surface area contributed by atoms with Crippen LogP contribution in [0.5, 0.6) is 5.75 Å². The maximum Gasteiger partial charge on any atom is 0.310 e. The van der Waals surface area contributed by atoms with E-state index in [0.717, 1.165) is 59.5 Å². The van der Waals surface area contributed by atoms with E-state index in [2.05, 4.69) is 25.0 Å². The van der Waals surface area contributed by atoms with E-state index in [-0.39, 0.29) is 29.9 Å². The highest BCUT2D eigenvalue weighted by molar-refractivity contribution is 5.86. The van der Waals surface area contributed by atoms with Crippen molar-refractivity contribution in [2.24, 2.45) is 0 Å². The summed E-state index contributed by atoms with van der Waals surface area (Å²) >= 11 is 0. The van der Waals surface area contributed by atoms with Crippen LogP contribution in [0.25, 0.3) is 27.9 Å². The highest BCUT2D eigenvalue weighted by Gasteiger charge is 2.33. The predicted molar refractivity (Wildman–Crippen MR) is 177 cm³/mol. The molecule has 1 aliphatic heterocycles. The molecule has 0 amide bonds. The third-order valence-corrected chi connectivity index (χ3v) is 8.54. The number of hydrogen-bond donors (Lipinski definition) is 0. The Balaban J connectivity index is 1.56. The summed E-state index contributed by atoms with van der Waals surface area (Å²) in [6, 6.07) is 14.6. The molecular weight excluding hydrogens is 569 g/mol. The van der Waals surface area contributed by atoms with Crippen LogP contribution in [0, 0.1) is 12.7 Å². The highest BCUT2D eigenvalue weighted by Crippen LogP contribution is 2.39. The molecular formula is C37H42FN3O4. The molecule has 2 aromatic heterocycles. The summed E-state index contributed by atoms with van der Waals surface area (Å²) < 4.78 is 34.5. The molecule has 4 aromatic rings. The van der Waals surface area contributed by atoms with Crippen LogP contribution in [0.4, 0.5) is 10.1 Å². The average molecular weight is 612 g/mol. The van der Waals surface area contributed by atoms with Gasteiger partial charge >= 0.3 is 5.97 Å². The number of carbonyl (C=O) groups is 1. The van der Waals surface area contributed by atoms with Crippen LogP contribution < -0.4 is 9.64 Å². The number of hydrogen-bond acceptors (Lipinski definition) is 6. The van der Waals surface area contributed by atoms with Crippen LogP contribution >= 0.6 is 0 Å². The van der Waals surface area contributed by atoms with E-state index in [1.54, 1.807) is 24.3 Å². The maximum atomic E-state index is 15.3. The van der Waals surface area contributed by atoms with E-state index in [9.17, 15) is 4.79 Å². The zero-order chi connectivity index (χ0) is 32.1. The van der Waals surface area contributed by atoms with Gasteiger partial charge in [-0.2, -0.15) is 5.10 Å². The number of halogens is 1. The van der Waals surface area contributed by atoms with Crippen molar-refractivity contribution in [3.63, 3.8) is 0 Å². The number of fused-ring (bicyclic) bond motifs is 1. The van der Waals surface area contributed by atoms with Crippen molar-refractivity contribution in [3.05, 3.63) is 97.0 Å². The zero-order valence-electron chi connectivity index (χ0n) is 26.6. The maximum absolute atomic E-state index is 15.3. The number of benzene rings is 2. The van der Waals surface area contributed by atoms with E-state index in [1.165, 1.54) is 13.2 Å². The van der Waals surface area contributed by atoms with Gasteiger partial charge in [0.25, 0.3) is 0 Å². The van der Waals surface area contributed by atoms with Gasteiger partial charge in [0.15, 0.2) is 0 Å². The van der Waals surface area contributed by atoms with Gasteiger partial charge in [-0.3, -0.25) is 4.79 Å². The summed E-state index contributed by atoms with van der Waals surface area (Å²) in [7, 11) is 1.41. The van der Waals surface area contributed by atoms with Gasteiger partial charge < -0.3 is 19.1 Å². The summed E-state index contributed by atoms with van der Waals surface area (Å²) in [6.07, 6.45) is 7.85. The molecule has 5 rings (SSSR count). The first-order valence-electron chi connectivity index (χ1n) is 15.4. The summed E-state index contributed by atoms with van der Waals surface area (Å²) in [6.45, 7) is 15.7. The minimum absolute atomic E-state index is 0.147. The van der Waals surface area contributed by atoms with Gasteiger partial charge in [0.05, 0.1) is 54.3 Å². The SMILES string of the molecule is C=CCOC1(C)CCN(c2c(CC(=O)OC)c(C)cn3nc(-c4cccc(-c5c(F)cccc5O[C@@H](C)CC=C)c4)cc23)CC1. The Bertz CT molecular complexity index is 1700. The van der Waals surface area contributed by atoms with Crippen molar-refractivity contribution in [1.29, 1.82) is 0 Å². The molecule has 1 fully saturated rings. The number of anilines is 1. The van der Waals surface area contributed by atoms with Crippen LogP contribution in [0.1, 0.15) is 44.2 Å². The standard InChI is InChI=1S/C37H42FN3O4/c1-7-11-26(4)45-33-15-10-14-30(38)35(33)28-13-9-12-27(21-28)31-23-32-36(40-18-16-37(5,17-19-40)44-20-8-2)29(22-34(42)43-6)25(3)24-41(32)39-31/h7-10,12-15,21,23-24,26H,1-2,11,16-20,22H2,3-6H3/t26-/m0/s1. The van der Waals surface area contributed by atoms with E-state index in [1.807, 2.05) is 54.9 Å². The Kier molecular flexibility index (Phi) is 9.73.